The number of thiophene rings is 1. The van der Waals surface area contributed by atoms with Crippen LogP contribution in [0.5, 0.6) is 0 Å². The molecule has 7 nitrogen and oxygen atoms in total. The molecule has 0 aliphatic rings. The van der Waals surface area contributed by atoms with Crippen LogP contribution in [0, 0.1) is 0 Å². The zero-order valence-corrected chi connectivity index (χ0v) is 29.1. The number of rotatable bonds is 12. The third-order valence-electron chi connectivity index (χ3n) is 8.13. The minimum Gasteiger partial charge on any atom is -0.339 e. The van der Waals surface area contributed by atoms with Crippen molar-refractivity contribution in [3.8, 4) is 22.3 Å². The number of nitrogens with one attached hydrogen (secondary N) is 2. The summed E-state index contributed by atoms with van der Waals surface area (Å²) in [5, 5.41) is 5.23. The Morgan fingerprint density at radius 1 is 0.854 bits per heavy atom. The van der Waals surface area contributed by atoms with Gasteiger partial charge in [0, 0.05) is 61.8 Å². The van der Waals surface area contributed by atoms with Gasteiger partial charge in [0.2, 0.25) is 0 Å². The molecular weight excluding hydrogens is 655 g/mol. The fraction of sp³-hybridized carbons (Fsp3) is 0.132. The molecule has 2 N–H and O–H groups in total. The average molecular weight is 690 g/mol. The Labute approximate surface area is 289 Å². The highest BCUT2D eigenvalue weighted by atomic mass is 32.2. The van der Waals surface area contributed by atoms with Crippen LogP contribution < -0.4 is 9.03 Å². The van der Waals surface area contributed by atoms with Crippen LogP contribution in [0.3, 0.4) is 0 Å². The maximum Gasteiger partial charge on any atom is 0.262 e. The summed E-state index contributed by atoms with van der Waals surface area (Å²) in [6.07, 6.45) is 2.97. The second kappa shape index (κ2) is 13.9. The number of anilines is 2. The topological polar surface area (TPSA) is 81.3 Å². The van der Waals surface area contributed by atoms with Crippen molar-refractivity contribution in [2.24, 2.45) is 0 Å². The number of aromatic nitrogens is 2. The monoisotopic (exact) mass is 689 g/mol. The van der Waals surface area contributed by atoms with Gasteiger partial charge in [-0.05, 0) is 104 Å². The lowest BCUT2D eigenvalue weighted by Gasteiger charge is -2.24. The first-order valence-corrected chi connectivity index (χ1v) is 18.9. The summed E-state index contributed by atoms with van der Waals surface area (Å²) < 4.78 is 31.2. The van der Waals surface area contributed by atoms with Gasteiger partial charge in [0.15, 0.2) is 0 Å². The molecule has 0 unspecified atom stereocenters. The molecule has 0 fully saturated rings. The van der Waals surface area contributed by atoms with E-state index in [2.05, 4.69) is 93.7 Å². The molecule has 0 bridgehead atoms. The Hall–Kier alpha value is -4.61. The minimum absolute atomic E-state index is 0.252. The fourth-order valence-corrected chi connectivity index (χ4v) is 8.89. The molecule has 3 aromatic heterocycles. The summed E-state index contributed by atoms with van der Waals surface area (Å²) in [5.74, 6) is 0. The van der Waals surface area contributed by atoms with Crippen LogP contribution in [-0.4, -0.2) is 50.5 Å². The van der Waals surface area contributed by atoms with Crippen molar-refractivity contribution in [1.82, 2.24) is 14.9 Å². The highest BCUT2D eigenvalue weighted by molar-refractivity contribution is 8.00. The van der Waals surface area contributed by atoms with Crippen molar-refractivity contribution >= 4 is 66.6 Å². The number of benzene rings is 4. The van der Waals surface area contributed by atoms with E-state index in [4.69, 9.17) is 4.98 Å². The van der Waals surface area contributed by atoms with E-state index >= 15 is 0 Å². The molecular formula is C38H35N5O2S3. The summed E-state index contributed by atoms with van der Waals surface area (Å²) in [6, 6.07) is 36.7. The van der Waals surface area contributed by atoms with Gasteiger partial charge in [-0.15, -0.1) is 0 Å². The predicted molar refractivity (Wildman–Crippen MR) is 202 cm³/mol. The van der Waals surface area contributed by atoms with Crippen molar-refractivity contribution < 1.29 is 8.42 Å². The van der Waals surface area contributed by atoms with Gasteiger partial charge in [-0.25, -0.2) is 13.4 Å². The van der Waals surface area contributed by atoms with Gasteiger partial charge in [0.25, 0.3) is 10.0 Å². The molecule has 7 aromatic rings. The molecule has 3 heterocycles. The van der Waals surface area contributed by atoms with E-state index in [9.17, 15) is 8.42 Å². The number of hydrogen-bond donors (Lipinski definition) is 2. The number of fused-ring (bicyclic) bond motifs is 3. The molecule has 48 heavy (non-hydrogen) atoms. The van der Waals surface area contributed by atoms with Gasteiger partial charge >= 0.3 is 0 Å². The van der Waals surface area contributed by atoms with E-state index in [1.807, 2.05) is 42.6 Å². The van der Waals surface area contributed by atoms with E-state index in [0.29, 0.717) is 5.69 Å². The van der Waals surface area contributed by atoms with Gasteiger partial charge in [0.05, 0.1) is 4.90 Å². The third kappa shape index (κ3) is 6.84. The highest BCUT2D eigenvalue weighted by Gasteiger charge is 2.20. The van der Waals surface area contributed by atoms with Crippen molar-refractivity contribution in [3.63, 3.8) is 0 Å². The lowest BCUT2D eigenvalue weighted by atomic mass is 9.92. The van der Waals surface area contributed by atoms with Gasteiger partial charge in [-0.3, -0.25) is 4.72 Å². The van der Waals surface area contributed by atoms with Gasteiger partial charge in [-0.2, -0.15) is 11.3 Å². The van der Waals surface area contributed by atoms with E-state index in [1.54, 1.807) is 34.8 Å². The van der Waals surface area contributed by atoms with Gasteiger partial charge in [0.1, 0.15) is 5.65 Å². The minimum atomic E-state index is -3.70. The molecule has 0 saturated carbocycles. The summed E-state index contributed by atoms with van der Waals surface area (Å²) in [5.41, 5.74) is 7.40. The number of aromatic amines is 1. The summed E-state index contributed by atoms with van der Waals surface area (Å²) in [4.78, 5) is 12.0. The number of hydrogen-bond acceptors (Lipinski definition) is 7. The normalized spacial score (nSPS) is 11.8. The number of nitrogens with zero attached hydrogens (tertiary/aromatic N) is 3. The average Bonchev–Trinajstić information content (AvgIpc) is 3.78. The lowest BCUT2D eigenvalue weighted by Crippen LogP contribution is -2.21. The van der Waals surface area contributed by atoms with Crippen molar-refractivity contribution in [1.29, 1.82) is 0 Å². The third-order valence-corrected chi connectivity index (χ3v) is 11.4. The fourth-order valence-electron chi connectivity index (χ4n) is 5.84. The first-order valence-electron chi connectivity index (χ1n) is 15.7. The summed E-state index contributed by atoms with van der Waals surface area (Å²) >= 11 is 3.10. The van der Waals surface area contributed by atoms with E-state index in [0.717, 1.165) is 69.4 Å². The van der Waals surface area contributed by atoms with Crippen LogP contribution in [-0.2, 0) is 10.0 Å². The van der Waals surface area contributed by atoms with Crippen LogP contribution in [0.15, 0.2) is 136 Å². The zero-order valence-electron chi connectivity index (χ0n) is 26.6. The van der Waals surface area contributed by atoms with Gasteiger partial charge in [-0.1, -0.05) is 60.7 Å². The van der Waals surface area contributed by atoms with E-state index < -0.39 is 10.0 Å². The maximum atomic E-state index is 13.1. The standard InChI is InChI=1S/C38H35N5O2S3/c1-42(2)21-9-22-43(47-31-12-7-4-8-13-31)30-17-14-27(15-18-30)34-25-39-38-37(36(34)28-10-5-3-6-11-28)33-24-29(16-19-35(33)40-38)41-48(44,45)32-20-23-46-26-32/h3-8,10-20,23-26,41H,9,21-22H2,1-2H3,(H,39,40). The van der Waals surface area contributed by atoms with Crippen LogP contribution in [0.4, 0.5) is 11.4 Å². The Kier molecular flexibility index (Phi) is 9.23. The van der Waals surface area contributed by atoms with Crippen molar-refractivity contribution in [3.05, 3.63) is 126 Å². The first kappa shape index (κ1) is 32.0. The molecule has 0 saturated heterocycles. The maximum absolute atomic E-state index is 13.1. The second-order valence-corrected chi connectivity index (χ2v) is 15.4. The summed E-state index contributed by atoms with van der Waals surface area (Å²) in [7, 11) is 0.512. The first-order chi connectivity index (χ1) is 23.4. The molecule has 7 rings (SSSR count). The predicted octanol–water partition coefficient (Wildman–Crippen LogP) is 9.38. The highest BCUT2D eigenvalue weighted by Crippen LogP contribution is 2.42. The van der Waals surface area contributed by atoms with E-state index in [1.165, 1.54) is 16.2 Å². The molecule has 0 aliphatic heterocycles. The molecule has 0 spiro atoms. The molecule has 0 radical (unpaired) electrons. The van der Waals surface area contributed by atoms with Crippen LogP contribution in [0.25, 0.3) is 44.2 Å². The Bertz CT molecular complexity index is 2250. The SMILES string of the molecule is CN(C)CCCN(Sc1ccccc1)c1ccc(-c2cnc3[nH]c4ccc(NS(=O)(=O)c5ccsc5)cc4c3c2-c2ccccc2)cc1. The largest absolute Gasteiger partial charge is 0.339 e. The quantitative estimate of drug-likeness (QED) is 0.125. The zero-order chi connectivity index (χ0) is 33.1. The Balaban J connectivity index is 1.30. The molecule has 0 atom stereocenters. The van der Waals surface area contributed by atoms with Crippen LogP contribution >= 0.6 is 23.3 Å². The Morgan fingerprint density at radius 3 is 2.31 bits per heavy atom. The van der Waals surface area contributed by atoms with Crippen LogP contribution in [0.1, 0.15) is 6.42 Å². The molecule has 0 aliphatic carbocycles. The Morgan fingerprint density at radius 2 is 1.60 bits per heavy atom. The molecule has 242 valence electrons. The van der Waals surface area contributed by atoms with Gasteiger partial charge < -0.3 is 14.2 Å². The summed E-state index contributed by atoms with van der Waals surface area (Å²) in [6.45, 7) is 1.92. The molecule has 0 amide bonds. The number of sulfonamides is 1. The molecule has 4 aromatic carbocycles. The number of H-pyrrole nitrogens is 1. The second-order valence-electron chi connectivity index (χ2n) is 11.8. The molecule has 10 heteroatoms. The van der Waals surface area contributed by atoms with Crippen LogP contribution in [0.2, 0.25) is 0 Å². The van der Waals surface area contributed by atoms with E-state index in [-0.39, 0.29) is 4.90 Å². The van der Waals surface area contributed by atoms with Crippen molar-refractivity contribution in [2.45, 2.75) is 16.2 Å². The van der Waals surface area contributed by atoms with Crippen molar-refractivity contribution in [2.75, 3.05) is 36.2 Å². The number of pyridine rings is 1. The lowest BCUT2D eigenvalue weighted by molar-refractivity contribution is 0.403. The smallest absolute Gasteiger partial charge is 0.262 e.